The first-order valence-electron chi connectivity index (χ1n) is 13.3. The number of nitrogens with one attached hydrogen (secondary N) is 1. The van der Waals surface area contributed by atoms with Crippen molar-refractivity contribution in [2.75, 3.05) is 24.7 Å². The van der Waals surface area contributed by atoms with E-state index in [1.165, 1.54) is 38.5 Å². The van der Waals surface area contributed by atoms with Crippen LogP contribution in [0, 0.1) is 11.8 Å². The van der Waals surface area contributed by atoms with Gasteiger partial charge in [0.15, 0.2) is 0 Å². The van der Waals surface area contributed by atoms with Crippen molar-refractivity contribution in [3.05, 3.63) is 90.5 Å². The first-order valence-corrected chi connectivity index (χ1v) is 15.1. The van der Waals surface area contributed by atoms with Gasteiger partial charge in [-0.15, -0.1) is 0 Å². The molecule has 5 aromatic heterocycles. The lowest BCUT2D eigenvalue weighted by atomic mass is 10.0. The van der Waals surface area contributed by atoms with Crippen molar-refractivity contribution in [3.63, 3.8) is 0 Å². The molecule has 13 heteroatoms. The van der Waals surface area contributed by atoms with E-state index in [-0.39, 0.29) is 28.4 Å². The summed E-state index contributed by atoms with van der Waals surface area (Å²) >= 11 is 0. The van der Waals surface area contributed by atoms with Crippen LogP contribution in [0.1, 0.15) is 10.4 Å². The zero-order chi connectivity index (χ0) is 30.9. The van der Waals surface area contributed by atoms with Crippen molar-refractivity contribution in [1.82, 2.24) is 24.7 Å². The van der Waals surface area contributed by atoms with Gasteiger partial charge in [0, 0.05) is 48.3 Å². The third kappa shape index (κ3) is 4.23. The molecule has 1 N–H and O–H groups in total. The minimum absolute atomic E-state index is 0.135. The van der Waals surface area contributed by atoms with E-state index in [2.05, 4.69) is 15.3 Å². The molecule has 0 spiro atoms. The number of pyridine rings is 2. The van der Waals surface area contributed by atoms with Crippen LogP contribution in [0.4, 0.5) is 14.5 Å². The lowest BCUT2D eigenvalue weighted by molar-refractivity contribution is 0.0964. The van der Waals surface area contributed by atoms with E-state index in [9.17, 15) is 22.0 Å². The van der Waals surface area contributed by atoms with Gasteiger partial charge < -0.3 is 9.73 Å². The van der Waals surface area contributed by atoms with Crippen molar-refractivity contribution < 1.29 is 26.4 Å². The molecule has 0 atom stereocenters. The van der Waals surface area contributed by atoms with E-state index >= 15 is 0 Å². The molecule has 0 unspecified atom stereocenters. The Morgan fingerprint density at radius 1 is 1.00 bits per heavy atom. The van der Waals surface area contributed by atoms with E-state index in [0.717, 1.165) is 16.6 Å². The Labute approximate surface area is 248 Å². The molecular formula is C31H22F2N6O4S. The predicted octanol–water partition coefficient (Wildman–Crippen LogP) is 5.54. The summed E-state index contributed by atoms with van der Waals surface area (Å²) in [6.07, 6.45) is 3.91. The SMILES string of the molecule is CNC(=O)c1c(-c2ccc(F)nc2)oc2cc(N(C)S(C)(=O)=O)c(-c3ccc4ncn5c6cccc(F)c6cc5c4n3)cc12. The fourth-order valence-electron chi connectivity index (χ4n) is 5.38. The second-order valence-electron chi connectivity index (χ2n) is 10.2. The van der Waals surface area contributed by atoms with Crippen LogP contribution in [0.25, 0.3) is 61.0 Å². The van der Waals surface area contributed by atoms with Gasteiger partial charge >= 0.3 is 0 Å². The Morgan fingerprint density at radius 2 is 1.82 bits per heavy atom. The highest BCUT2D eigenvalue weighted by Gasteiger charge is 2.26. The summed E-state index contributed by atoms with van der Waals surface area (Å²) in [4.78, 5) is 26.3. The zero-order valence-corrected chi connectivity index (χ0v) is 24.3. The number of carbonyl (C=O) groups excluding carboxylic acids is 1. The standard InChI is InChI=1S/C31H22F2N6O4S/c1-34-31(40)28-19-11-18(24(38(2)44(3,41)42)13-26(19)43-30(28)16-7-10-27(33)35-14-16)21-8-9-22-29(37-21)25-12-17-20(32)5-4-6-23(17)39(25)15-36-22/h4-15H,1-3H3,(H,34,40). The summed E-state index contributed by atoms with van der Waals surface area (Å²) in [6, 6.07) is 15.6. The largest absolute Gasteiger partial charge is 0.455 e. The molecule has 0 fully saturated rings. The van der Waals surface area contributed by atoms with Gasteiger partial charge in [0.1, 0.15) is 29.0 Å². The Hall–Kier alpha value is -5.43. The lowest BCUT2D eigenvalue weighted by Gasteiger charge is -2.20. The summed E-state index contributed by atoms with van der Waals surface area (Å²) in [5.74, 6) is -1.42. The second kappa shape index (κ2) is 9.81. The maximum Gasteiger partial charge on any atom is 0.255 e. The molecule has 0 aliphatic rings. The molecule has 7 aromatic rings. The summed E-state index contributed by atoms with van der Waals surface area (Å²) in [6.45, 7) is 0. The number of fused-ring (bicyclic) bond motifs is 6. The van der Waals surface area contributed by atoms with E-state index in [0.29, 0.717) is 49.7 Å². The molecule has 5 heterocycles. The Kier molecular flexibility index (Phi) is 6.11. The summed E-state index contributed by atoms with van der Waals surface area (Å²) < 4.78 is 62.7. The first kappa shape index (κ1) is 27.4. The van der Waals surface area contributed by atoms with Crippen LogP contribution in [-0.4, -0.2) is 54.0 Å². The van der Waals surface area contributed by atoms with Crippen molar-refractivity contribution >= 4 is 60.0 Å². The highest BCUT2D eigenvalue weighted by Crippen LogP contribution is 2.41. The normalized spacial score (nSPS) is 12.0. The fraction of sp³-hybridized carbons (Fsp3) is 0.0968. The highest BCUT2D eigenvalue weighted by molar-refractivity contribution is 7.92. The van der Waals surface area contributed by atoms with Gasteiger partial charge in [-0.05, 0) is 48.5 Å². The number of furan rings is 1. The van der Waals surface area contributed by atoms with E-state index in [1.54, 1.807) is 47.1 Å². The van der Waals surface area contributed by atoms with Gasteiger partial charge in [0.05, 0.1) is 39.8 Å². The molecule has 44 heavy (non-hydrogen) atoms. The minimum atomic E-state index is -3.76. The monoisotopic (exact) mass is 612 g/mol. The molecule has 2 aromatic carbocycles. The third-order valence-electron chi connectivity index (χ3n) is 7.62. The van der Waals surface area contributed by atoms with E-state index in [1.807, 2.05) is 0 Å². The fourth-order valence-corrected chi connectivity index (χ4v) is 5.88. The summed E-state index contributed by atoms with van der Waals surface area (Å²) in [5.41, 5.74) is 3.96. The Morgan fingerprint density at radius 3 is 2.55 bits per heavy atom. The predicted molar refractivity (Wildman–Crippen MR) is 163 cm³/mol. The van der Waals surface area contributed by atoms with Crippen LogP contribution in [-0.2, 0) is 10.0 Å². The molecule has 0 aliphatic heterocycles. The van der Waals surface area contributed by atoms with Crippen LogP contribution in [0.5, 0.6) is 0 Å². The molecule has 0 radical (unpaired) electrons. The van der Waals surface area contributed by atoms with Crippen molar-refractivity contribution in [1.29, 1.82) is 0 Å². The van der Waals surface area contributed by atoms with Gasteiger partial charge in [-0.25, -0.2) is 27.8 Å². The van der Waals surface area contributed by atoms with Crippen molar-refractivity contribution in [2.45, 2.75) is 0 Å². The number of rotatable bonds is 5. The number of anilines is 1. The van der Waals surface area contributed by atoms with Gasteiger partial charge in [-0.3, -0.25) is 13.5 Å². The van der Waals surface area contributed by atoms with Crippen LogP contribution >= 0.6 is 0 Å². The molecule has 7 rings (SSSR count). The Bertz CT molecular complexity index is 2420. The second-order valence-corrected chi connectivity index (χ2v) is 12.2. The van der Waals surface area contributed by atoms with Gasteiger partial charge in [0.25, 0.3) is 5.91 Å². The minimum Gasteiger partial charge on any atom is -0.455 e. The zero-order valence-electron chi connectivity index (χ0n) is 23.5. The van der Waals surface area contributed by atoms with Crippen LogP contribution in [0.3, 0.4) is 0 Å². The molecule has 10 nitrogen and oxygen atoms in total. The first-order chi connectivity index (χ1) is 21.0. The molecule has 0 bridgehead atoms. The molecule has 1 amide bonds. The number of nitrogens with zero attached hydrogens (tertiary/aromatic N) is 5. The smallest absolute Gasteiger partial charge is 0.255 e. The summed E-state index contributed by atoms with van der Waals surface area (Å²) in [5, 5.41) is 3.39. The van der Waals surface area contributed by atoms with E-state index < -0.39 is 21.9 Å². The number of hydrogen-bond donors (Lipinski definition) is 1. The van der Waals surface area contributed by atoms with Crippen molar-refractivity contribution in [3.8, 4) is 22.6 Å². The van der Waals surface area contributed by atoms with Crippen LogP contribution < -0.4 is 9.62 Å². The van der Waals surface area contributed by atoms with Crippen molar-refractivity contribution in [2.24, 2.45) is 0 Å². The maximum absolute atomic E-state index is 14.7. The average Bonchev–Trinajstić information content (AvgIpc) is 3.59. The van der Waals surface area contributed by atoms with Gasteiger partial charge in [-0.1, -0.05) is 6.07 Å². The molecule has 0 aliphatic carbocycles. The molecule has 220 valence electrons. The number of halogens is 2. The number of hydrogen-bond acceptors (Lipinski definition) is 7. The van der Waals surface area contributed by atoms with Crippen LogP contribution in [0.2, 0.25) is 0 Å². The highest BCUT2D eigenvalue weighted by atomic mass is 32.2. The number of amides is 1. The number of sulfonamides is 1. The number of carbonyl (C=O) groups is 1. The van der Waals surface area contributed by atoms with E-state index in [4.69, 9.17) is 9.40 Å². The van der Waals surface area contributed by atoms with Gasteiger partial charge in [-0.2, -0.15) is 4.39 Å². The summed E-state index contributed by atoms with van der Waals surface area (Å²) in [7, 11) is -0.895. The lowest BCUT2D eigenvalue weighted by Crippen LogP contribution is -2.25. The molecular weight excluding hydrogens is 590 g/mol. The van der Waals surface area contributed by atoms with Gasteiger partial charge in [0.2, 0.25) is 16.0 Å². The molecule has 0 saturated carbocycles. The maximum atomic E-state index is 14.7. The topological polar surface area (TPSA) is 123 Å². The Balaban J connectivity index is 1.54. The number of benzene rings is 2. The quantitative estimate of drug-likeness (QED) is 0.253. The third-order valence-corrected chi connectivity index (χ3v) is 8.81. The molecule has 0 saturated heterocycles. The van der Waals surface area contributed by atoms with Crippen LogP contribution in [0.15, 0.2) is 77.6 Å². The average molecular weight is 613 g/mol. The number of aromatic nitrogens is 4.